The summed E-state index contributed by atoms with van der Waals surface area (Å²) in [5.41, 5.74) is 1.77. The fourth-order valence-electron chi connectivity index (χ4n) is 1.50. The number of halogens is 2. The van der Waals surface area contributed by atoms with Crippen molar-refractivity contribution in [3.63, 3.8) is 0 Å². The summed E-state index contributed by atoms with van der Waals surface area (Å²) in [7, 11) is 0. The number of hydrogen-bond donors (Lipinski definition) is 1. The number of hydrogen-bond acceptors (Lipinski definition) is 3. The molecule has 0 fully saturated rings. The second-order valence-electron chi connectivity index (χ2n) is 3.96. The monoisotopic (exact) mass is 295 g/mol. The molecule has 0 radical (unpaired) electrons. The molecule has 6 heteroatoms. The van der Waals surface area contributed by atoms with Crippen LogP contribution < -0.4 is 5.32 Å². The molecule has 1 N–H and O–H groups in total. The van der Waals surface area contributed by atoms with Gasteiger partial charge in [0.2, 0.25) is 0 Å². The number of carbonyl (C=O) groups is 1. The van der Waals surface area contributed by atoms with Crippen LogP contribution in [0.4, 0.5) is 0 Å². The Bertz CT molecular complexity index is 617. The zero-order valence-electron chi connectivity index (χ0n) is 10.2. The largest absolute Gasteiger partial charge is 0.347 e. The molecule has 0 atom stereocenters. The SMILES string of the molecule is Cc1cncc(C(=O)NCc2ccc(Cl)cc2Cl)n1. The van der Waals surface area contributed by atoms with Crippen LogP contribution in [-0.4, -0.2) is 15.9 Å². The van der Waals surface area contributed by atoms with E-state index in [-0.39, 0.29) is 11.6 Å². The number of aromatic nitrogens is 2. The quantitative estimate of drug-likeness (QED) is 0.947. The van der Waals surface area contributed by atoms with Crippen molar-refractivity contribution >= 4 is 29.1 Å². The molecule has 1 aromatic heterocycles. The Kier molecular flexibility index (Phi) is 4.35. The number of amides is 1. The van der Waals surface area contributed by atoms with E-state index in [9.17, 15) is 4.79 Å². The highest BCUT2D eigenvalue weighted by Gasteiger charge is 2.09. The van der Waals surface area contributed by atoms with Crippen LogP contribution in [-0.2, 0) is 6.54 Å². The first-order valence-corrected chi connectivity index (χ1v) is 6.32. The third-order valence-electron chi connectivity index (χ3n) is 2.44. The highest BCUT2D eigenvalue weighted by molar-refractivity contribution is 6.35. The number of benzene rings is 1. The lowest BCUT2D eigenvalue weighted by Crippen LogP contribution is -2.24. The summed E-state index contributed by atoms with van der Waals surface area (Å²) in [4.78, 5) is 19.9. The molecule has 0 bridgehead atoms. The van der Waals surface area contributed by atoms with E-state index in [1.165, 1.54) is 6.20 Å². The summed E-state index contributed by atoms with van der Waals surface area (Å²) in [5, 5.41) is 3.81. The van der Waals surface area contributed by atoms with Gasteiger partial charge in [-0.25, -0.2) is 4.98 Å². The van der Waals surface area contributed by atoms with Crippen LogP contribution in [0, 0.1) is 6.92 Å². The van der Waals surface area contributed by atoms with Crippen molar-refractivity contribution in [2.45, 2.75) is 13.5 Å². The van der Waals surface area contributed by atoms with Gasteiger partial charge in [0.05, 0.1) is 11.9 Å². The number of aryl methyl sites for hydroxylation is 1. The van der Waals surface area contributed by atoms with Crippen molar-refractivity contribution in [3.05, 3.63) is 57.6 Å². The van der Waals surface area contributed by atoms with Gasteiger partial charge in [-0.1, -0.05) is 29.3 Å². The maximum Gasteiger partial charge on any atom is 0.271 e. The number of nitrogens with zero attached hydrogens (tertiary/aromatic N) is 2. The fraction of sp³-hybridized carbons (Fsp3) is 0.154. The van der Waals surface area contributed by atoms with E-state index in [2.05, 4.69) is 15.3 Å². The molecule has 2 aromatic rings. The van der Waals surface area contributed by atoms with Crippen molar-refractivity contribution in [1.82, 2.24) is 15.3 Å². The molecule has 1 amide bonds. The van der Waals surface area contributed by atoms with Gasteiger partial charge in [0.1, 0.15) is 5.69 Å². The molecule has 1 aromatic carbocycles. The van der Waals surface area contributed by atoms with Gasteiger partial charge >= 0.3 is 0 Å². The second-order valence-corrected chi connectivity index (χ2v) is 4.81. The number of nitrogens with one attached hydrogen (secondary N) is 1. The lowest BCUT2D eigenvalue weighted by molar-refractivity contribution is 0.0945. The first kappa shape index (κ1) is 13.8. The van der Waals surface area contributed by atoms with E-state index < -0.39 is 0 Å². The van der Waals surface area contributed by atoms with E-state index in [1.807, 2.05) is 0 Å². The summed E-state index contributed by atoms with van der Waals surface area (Å²) in [6.07, 6.45) is 3.01. The van der Waals surface area contributed by atoms with E-state index in [0.29, 0.717) is 22.3 Å². The minimum absolute atomic E-state index is 0.282. The normalized spacial score (nSPS) is 10.3. The molecule has 0 aliphatic heterocycles. The highest BCUT2D eigenvalue weighted by atomic mass is 35.5. The zero-order chi connectivity index (χ0) is 13.8. The van der Waals surface area contributed by atoms with Crippen LogP contribution in [0.3, 0.4) is 0 Å². The number of rotatable bonds is 3. The van der Waals surface area contributed by atoms with Crippen molar-refractivity contribution in [3.8, 4) is 0 Å². The minimum Gasteiger partial charge on any atom is -0.347 e. The molecule has 0 saturated carbocycles. The van der Waals surface area contributed by atoms with Gasteiger partial charge in [-0.05, 0) is 24.6 Å². The maximum atomic E-state index is 11.9. The summed E-state index contributed by atoms with van der Waals surface area (Å²) >= 11 is 11.8. The highest BCUT2D eigenvalue weighted by Crippen LogP contribution is 2.20. The van der Waals surface area contributed by atoms with Gasteiger partial charge in [-0.15, -0.1) is 0 Å². The van der Waals surface area contributed by atoms with E-state index in [1.54, 1.807) is 31.3 Å². The topological polar surface area (TPSA) is 54.9 Å². The predicted molar refractivity (Wildman–Crippen MR) is 74.4 cm³/mol. The predicted octanol–water partition coefficient (Wildman–Crippen LogP) is 3.02. The van der Waals surface area contributed by atoms with Crippen LogP contribution in [0.2, 0.25) is 10.0 Å². The molecule has 2 rings (SSSR count). The van der Waals surface area contributed by atoms with Crippen LogP contribution in [0.15, 0.2) is 30.6 Å². The smallest absolute Gasteiger partial charge is 0.271 e. The van der Waals surface area contributed by atoms with Crippen LogP contribution in [0.1, 0.15) is 21.7 Å². The molecular formula is C13H11Cl2N3O. The van der Waals surface area contributed by atoms with E-state index >= 15 is 0 Å². The molecule has 1 heterocycles. The zero-order valence-corrected chi connectivity index (χ0v) is 11.7. The van der Waals surface area contributed by atoms with E-state index in [4.69, 9.17) is 23.2 Å². The van der Waals surface area contributed by atoms with Gasteiger partial charge in [-0.3, -0.25) is 9.78 Å². The first-order chi connectivity index (χ1) is 9.06. The molecule has 0 aliphatic carbocycles. The Balaban J connectivity index is 2.04. The van der Waals surface area contributed by atoms with Crippen molar-refractivity contribution in [1.29, 1.82) is 0 Å². The Morgan fingerprint density at radius 3 is 2.79 bits per heavy atom. The third-order valence-corrected chi connectivity index (χ3v) is 3.03. The molecule has 0 spiro atoms. The molecule has 0 unspecified atom stereocenters. The molecule has 19 heavy (non-hydrogen) atoms. The van der Waals surface area contributed by atoms with Gasteiger partial charge < -0.3 is 5.32 Å². The lowest BCUT2D eigenvalue weighted by Gasteiger charge is -2.07. The fourth-order valence-corrected chi connectivity index (χ4v) is 1.98. The molecule has 0 aliphatic rings. The van der Waals surface area contributed by atoms with Gasteiger partial charge in [0.15, 0.2) is 0 Å². The van der Waals surface area contributed by atoms with Crippen molar-refractivity contribution in [2.75, 3.05) is 0 Å². The average molecular weight is 296 g/mol. The van der Waals surface area contributed by atoms with Crippen LogP contribution >= 0.6 is 23.2 Å². The summed E-state index contributed by atoms with van der Waals surface area (Å²) in [6.45, 7) is 2.09. The number of carbonyl (C=O) groups excluding carboxylic acids is 1. The van der Waals surface area contributed by atoms with Crippen LogP contribution in [0.5, 0.6) is 0 Å². The Morgan fingerprint density at radius 2 is 2.11 bits per heavy atom. The summed E-state index contributed by atoms with van der Waals surface area (Å²) in [6, 6.07) is 5.13. The molecule has 0 saturated heterocycles. The molecular weight excluding hydrogens is 285 g/mol. The average Bonchev–Trinajstić information content (AvgIpc) is 2.37. The Labute approximate surface area is 120 Å². The van der Waals surface area contributed by atoms with Gasteiger partial charge in [0.25, 0.3) is 5.91 Å². The second kappa shape index (κ2) is 5.99. The Morgan fingerprint density at radius 1 is 1.32 bits per heavy atom. The first-order valence-electron chi connectivity index (χ1n) is 5.57. The standard InChI is InChI=1S/C13H11Cl2N3O/c1-8-5-16-7-12(18-8)13(19)17-6-9-2-3-10(14)4-11(9)15/h2-5,7H,6H2,1H3,(H,17,19). The van der Waals surface area contributed by atoms with Crippen molar-refractivity contribution in [2.24, 2.45) is 0 Å². The Hall–Kier alpha value is -1.65. The van der Waals surface area contributed by atoms with Crippen molar-refractivity contribution < 1.29 is 4.79 Å². The summed E-state index contributed by atoms with van der Waals surface area (Å²) < 4.78 is 0. The minimum atomic E-state index is -0.290. The van der Waals surface area contributed by atoms with Gasteiger partial charge in [-0.2, -0.15) is 0 Å². The lowest BCUT2D eigenvalue weighted by atomic mass is 10.2. The van der Waals surface area contributed by atoms with Gasteiger partial charge in [0, 0.05) is 22.8 Å². The summed E-state index contributed by atoms with van der Waals surface area (Å²) in [5.74, 6) is -0.290. The third kappa shape index (κ3) is 3.66. The van der Waals surface area contributed by atoms with Crippen LogP contribution in [0.25, 0.3) is 0 Å². The maximum absolute atomic E-state index is 11.9. The van der Waals surface area contributed by atoms with E-state index in [0.717, 1.165) is 5.56 Å². The molecule has 98 valence electrons. The molecule has 4 nitrogen and oxygen atoms in total.